The molecule has 2 saturated heterocycles. The topological polar surface area (TPSA) is 35.6 Å². The van der Waals surface area contributed by atoms with Gasteiger partial charge in [-0.3, -0.25) is 4.79 Å². The minimum atomic E-state index is 0.123. The number of anilines is 2. The van der Waals surface area contributed by atoms with Crippen LogP contribution in [0.2, 0.25) is 0 Å². The third-order valence-corrected chi connectivity index (χ3v) is 5.70. The quantitative estimate of drug-likeness (QED) is 0.878. The van der Waals surface area contributed by atoms with Crippen LogP contribution in [0.25, 0.3) is 0 Å². The molecule has 1 aromatic rings. The molecule has 2 aliphatic rings. The van der Waals surface area contributed by atoms with Gasteiger partial charge in [-0.1, -0.05) is 13.8 Å². The van der Waals surface area contributed by atoms with Gasteiger partial charge in [0.2, 0.25) is 5.91 Å². The number of carbonyl (C=O) groups excluding carboxylic acids is 1. The van der Waals surface area contributed by atoms with Crippen LogP contribution in [0.15, 0.2) is 24.3 Å². The Hall–Kier alpha value is -1.55. The molecule has 0 spiro atoms. The van der Waals surface area contributed by atoms with Crippen LogP contribution in [-0.4, -0.2) is 43.5 Å². The van der Waals surface area contributed by atoms with Crippen molar-refractivity contribution in [3.05, 3.63) is 24.3 Å². The zero-order valence-corrected chi connectivity index (χ0v) is 15.8. The summed E-state index contributed by atoms with van der Waals surface area (Å²) in [6.45, 7) is 10.1. The van der Waals surface area contributed by atoms with Crippen LogP contribution >= 0.6 is 0 Å². The number of rotatable bonds is 5. The summed E-state index contributed by atoms with van der Waals surface area (Å²) in [4.78, 5) is 17.1. The smallest absolute Gasteiger partial charge is 0.225 e. The van der Waals surface area contributed by atoms with Crippen molar-refractivity contribution < 1.29 is 4.79 Å². The monoisotopic (exact) mass is 343 g/mol. The van der Waals surface area contributed by atoms with Crippen LogP contribution in [0.3, 0.4) is 0 Å². The Balaban J connectivity index is 1.43. The molecule has 3 rings (SSSR count). The molecule has 1 atom stereocenters. The normalized spacial score (nSPS) is 22.8. The molecule has 4 nitrogen and oxygen atoms in total. The number of amides is 1. The molecule has 1 N–H and O–H groups in total. The second-order valence-electron chi connectivity index (χ2n) is 8.06. The zero-order chi connectivity index (χ0) is 17.6. The fourth-order valence-electron chi connectivity index (χ4n) is 4.00. The Labute approximate surface area is 152 Å². The lowest BCUT2D eigenvalue weighted by molar-refractivity contribution is -0.116. The van der Waals surface area contributed by atoms with E-state index in [-0.39, 0.29) is 5.91 Å². The lowest BCUT2D eigenvalue weighted by atomic mass is 9.99. The van der Waals surface area contributed by atoms with Crippen LogP contribution < -0.4 is 10.2 Å². The van der Waals surface area contributed by atoms with E-state index in [4.69, 9.17) is 0 Å². The van der Waals surface area contributed by atoms with Gasteiger partial charge in [-0.15, -0.1) is 0 Å². The molecule has 0 aliphatic carbocycles. The van der Waals surface area contributed by atoms with Crippen molar-refractivity contribution in [1.29, 1.82) is 0 Å². The standard InChI is InChI=1S/C21H33N3O/c1-17-9-14-24(15-10-17)20-7-5-19(6-8-20)22-21(25)11-13-23-12-3-4-18(2)16-23/h5-8,17-18H,3-4,9-16H2,1-2H3,(H,22,25). The molecular formula is C21H33N3O. The van der Waals surface area contributed by atoms with Gasteiger partial charge in [0.25, 0.3) is 0 Å². The van der Waals surface area contributed by atoms with Crippen molar-refractivity contribution in [3.63, 3.8) is 0 Å². The summed E-state index contributed by atoms with van der Waals surface area (Å²) in [6, 6.07) is 8.35. The maximum Gasteiger partial charge on any atom is 0.225 e. The van der Waals surface area contributed by atoms with Gasteiger partial charge in [0.1, 0.15) is 0 Å². The summed E-state index contributed by atoms with van der Waals surface area (Å²) in [6.07, 6.45) is 5.71. The van der Waals surface area contributed by atoms with Crippen LogP contribution in [0.1, 0.15) is 46.0 Å². The first kappa shape index (κ1) is 18.2. The second kappa shape index (κ2) is 8.70. The lowest BCUT2D eigenvalue weighted by Crippen LogP contribution is -2.36. The molecule has 4 heteroatoms. The average Bonchev–Trinajstić information content (AvgIpc) is 2.62. The highest BCUT2D eigenvalue weighted by atomic mass is 16.1. The second-order valence-corrected chi connectivity index (χ2v) is 8.06. The van der Waals surface area contributed by atoms with E-state index in [2.05, 4.69) is 41.1 Å². The average molecular weight is 344 g/mol. The van der Waals surface area contributed by atoms with E-state index < -0.39 is 0 Å². The maximum absolute atomic E-state index is 12.2. The molecule has 1 unspecified atom stereocenters. The zero-order valence-electron chi connectivity index (χ0n) is 15.8. The number of hydrogen-bond acceptors (Lipinski definition) is 3. The molecule has 0 radical (unpaired) electrons. The number of carbonyl (C=O) groups is 1. The predicted octanol–water partition coefficient (Wildman–Crippen LogP) is 3.98. The summed E-state index contributed by atoms with van der Waals surface area (Å²) in [5, 5.41) is 3.05. The van der Waals surface area contributed by atoms with Gasteiger partial charge in [-0.25, -0.2) is 0 Å². The minimum Gasteiger partial charge on any atom is -0.372 e. The maximum atomic E-state index is 12.2. The van der Waals surface area contributed by atoms with Crippen LogP contribution in [-0.2, 0) is 4.79 Å². The summed E-state index contributed by atoms with van der Waals surface area (Å²) in [5.74, 6) is 1.73. The van der Waals surface area contributed by atoms with Crippen LogP contribution in [0.4, 0.5) is 11.4 Å². The summed E-state index contributed by atoms with van der Waals surface area (Å²) in [7, 11) is 0. The van der Waals surface area contributed by atoms with Gasteiger partial charge >= 0.3 is 0 Å². The molecule has 138 valence electrons. The highest BCUT2D eigenvalue weighted by Gasteiger charge is 2.17. The molecular weight excluding hydrogens is 310 g/mol. The van der Waals surface area contributed by atoms with Crippen molar-refractivity contribution >= 4 is 17.3 Å². The number of benzene rings is 1. The highest BCUT2D eigenvalue weighted by molar-refractivity contribution is 5.91. The molecule has 0 aromatic heterocycles. The third kappa shape index (κ3) is 5.46. The lowest BCUT2D eigenvalue weighted by Gasteiger charge is -2.32. The fraction of sp³-hybridized carbons (Fsp3) is 0.667. The molecule has 2 heterocycles. The van der Waals surface area contributed by atoms with Crippen molar-refractivity contribution in [1.82, 2.24) is 4.90 Å². The van der Waals surface area contributed by atoms with Crippen molar-refractivity contribution in [2.24, 2.45) is 11.8 Å². The van der Waals surface area contributed by atoms with Crippen molar-refractivity contribution in [3.8, 4) is 0 Å². The van der Waals surface area contributed by atoms with Gasteiger partial charge in [0, 0.05) is 44.0 Å². The highest BCUT2D eigenvalue weighted by Crippen LogP contribution is 2.24. The number of piperidine rings is 2. The van der Waals surface area contributed by atoms with Gasteiger partial charge in [-0.2, -0.15) is 0 Å². The first-order valence-electron chi connectivity index (χ1n) is 9.97. The van der Waals surface area contributed by atoms with Crippen LogP contribution in [0, 0.1) is 11.8 Å². The minimum absolute atomic E-state index is 0.123. The number of hydrogen-bond donors (Lipinski definition) is 1. The Morgan fingerprint density at radius 1 is 1.04 bits per heavy atom. The predicted molar refractivity (Wildman–Crippen MR) is 105 cm³/mol. The fourth-order valence-corrected chi connectivity index (χ4v) is 4.00. The molecule has 0 saturated carbocycles. The molecule has 0 bridgehead atoms. The Morgan fingerprint density at radius 2 is 1.76 bits per heavy atom. The molecule has 2 fully saturated rings. The Morgan fingerprint density at radius 3 is 2.44 bits per heavy atom. The number of likely N-dealkylation sites (tertiary alicyclic amines) is 1. The van der Waals surface area contributed by atoms with Crippen LogP contribution in [0.5, 0.6) is 0 Å². The summed E-state index contributed by atoms with van der Waals surface area (Å²) < 4.78 is 0. The van der Waals surface area contributed by atoms with Gasteiger partial charge < -0.3 is 15.1 Å². The molecule has 1 amide bonds. The Kier molecular flexibility index (Phi) is 6.35. The number of nitrogens with one attached hydrogen (secondary N) is 1. The molecule has 2 aliphatic heterocycles. The SMILES string of the molecule is CC1CCN(c2ccc(NC(=O)CCN3CCCC(C)C3)cc2)CC1. The van der Waals surface area contributed by atoms with Crippen molar-refractivity contribution in [2.45, 2.75) is 46.0 Å². The first-order chi connectivity index (χ1) is 12.1. The van der Waals surface area contributed by atoms with E-state index in [1.54, 1.807) is 0 Å². The summed E-state index contributed by atoms with van der Waals surface area (Å²) in [5.41, 5.74) is 2.18. The third-order valence-electron chi connectivity index (χ3n) is 5.70. The van der Waals surface area contributed by atoms with E-state index in [1.165, 1.54) is 31.4 Å². The number of nitrogens with zero attached hydrogens (tertiary/aromatic N) is 2. The van der Waals surface area contributed by atoms with E-state index in [1.807, 2.05) is 12.1 Å². The summed E-state index contributed by atoms with van der Waals surface area (Å²) >= 11 is 0. The van der Waals surface area contributed by atoms with Gasteiger partial charge in [0.05, 0.1) is 0 Å². The first-order valence-corrected chi connectivity index (χ1v) is 9.97. The van der Waals surface area contributed by atoms with Gasteiger partial charge in [0.15, 0.2) is 0 Å². The van der Waals surface area contributed by atoms with E-state index in [0.717, 1.165) is 50.2 Å². The van der Waals surface area contributed by atoms with Crippen molar-refractivity contribution in [2.75, 3.05) is 42.9 Å². The van der Waals surface area contributed by atoms with E-state index in [9.17, 15) is 4.79 Å². The van der Waals surface area contributed by atoms with E-state index in [0.29, 0.717) is 6.42 Å². The van der Waals surface area contributed by atoms with E-state index >= 15 is 0 Å². The molecule has 25 heavy (non-hydrogen) atoms. The molecule has 1 aromatic carbocycles. The Bertz CT molecular complexity index is 549. The largest absolute Gasteiger partial charge is 0.372 e. The van der Waals surface area contributed by atoms with Gasteiger partial charge in [-0.05, 0) is 68.3 Å².